The van der Waals surface area contributed by atoms with Crippen LogP contribution in [0.15, 0.2) is 53.6 Å². The van der Waals surface area contributed by atoms with Crippen LogP contribution in [0.5, 0.6) is 0 Å². The molecule has 3 aromatic rings. The molecule has 4 rings (SSSR count). The Labute approximate surface area is 144 Å². The summed E-state index contributed by atoms with van der Waals surface area (Å²) in [6, 6.07) is 7.44. The van der Waals surface area contributed by atoms with E-state index in [9.17, 15) is 4.79 Å². The first-order valence-electron chi connectivity index (χ1n) is 8.20. The molecule has 7 nitrogen and oxygen atoms in total. The van der Waals surface area contributed by atoms with E-state index in [0.717, 1.165) is 17.5 Å². The maximum absolute atomic E-state index is 12.4. The Hall–Kier alpha value is -3.09. The molecule has 7 heteroatoms. The Bertz CT molecular complexity index is 850. The summed E-state index contributed by atoms with van der Waals surface area (Å²) in [5, 5.41) is 4.04. The van der Waals surface area contributed by atoms with Gasteiger partial charge in [-0.1, -0.05) is 11.2 Å². The zero-order chi connectivity index (χ0) is 17.1. The Kier molecular flexibility index (Phi) is 4.20. The van der Waals surface area contributed by atoms with Crippen molar-refractivity contribution in [3.8, 4) is 11.4 Å². The molecule has 0 aromatic carbocycles. The van der Waals surface area contributed by atoms with Crippen LogP contribution in [0.3, 0.4) is 0 Å². The smallest absolute Gasteiger partial charge is 0.231 e. The Morgan fingerprint density at radius 1 is 1.20 bits per heavy atom. The summed E-state index contributed by atoms with van der Waals surface area (Å²) in [5.74, 6) is 1.33. The maximum Gasteiger partial charge on any atom is 0.231 e. The Morgan fingerprint density at radius 3 is 2.88 bits per heavy atom. The molecule has 1 unspecified atom stereocenters. The highest BCUT2D eigenvalue weighted by atomic mass is 16.5. The van der Waals surface area contributed by atoms with Crippen LogP contribution < -0.4 is 0 Å². The number of hydrogen-bond acceptors (Lipinski definition) is 6. The fraction of sp³-hybridized carbons (Fsp3) is 0.278. The molecule has 1 saturated heterocycles. The minimum Gasteiger partial charge on any atom is -0.342 e. The third kappa shape index (κ3) is 3.40. The van der Waals surface area contributed by atoms with Crippen LogP contribution in [0.4, 0.5) is 0 Å². The van der Waals surface area contributed by atoms with Gasteiger partial charge in [-0.3, -0.25) is 14.8 Å². The van der Waals surface area contributed by atoms with Gasteiger partial charge in [0.1, 0.15) is 0 Å². The average molecular weight is 335 g/mol. The van der Waals surface area contributed by atoms with Crippen molar-refractivity contribution >= 4 is 5.91 Å². The van der Waals surface area contributed by atoms with Gasteiger partial charge < -0.3 is 9.42 Å². The molecule has 126 valence electrons. The van der Waals surface area contributed by atoms with Crippen LogP contribution in [0, 0.1) is 0 Å². The van der Waals surface area contributed by atoms with E-state index in [1.807, 2.05) is 29.2 Å². The molecular formula is C18H17N5O2. The van der Waals surface area contributed by atoms with Crippen molar-refractivity contribution in [2.45, 2.75) is 18.8 Å². The van der Waals surface area contributed by atoms with E-state index >= 15 is 0 Å². The highest BCUT2D eigenvalue weighted by Gasteiger charge is 2.31. The van der Waals surface area contributed by atoms with Gasteiger partial charge in [0.15, 0.2) is 0 Å². The van der Waals surface area contributed by atoms with E-state index in [1.54, 1.807) is 24.8 Å². The average Bonchev–Trinajstić information content (AvgIpc) is 3.33. The second kappa shape index (κ2) is 6.80. The number of pyridine rings is 2. The molecule has 3 aromatic heterocycles. The highest BCUT2D eigenvalue weighted by Crippen LogP contribution is 2.28. The first kappa shape index (κ1) is 15.4. The summed E-state index contributed by atoms with van der Waals surface area (Å²) in [7, 11) is 0. The maximum atomic E-state index is 12.4. The molecule has 1 fully saturated rings. The third-order valence-electron chi connectivity index (χ3n) is 4.35. The largest absolute Gasteiger partial charge is 0.342 e. The number of carbonyl (C=O) groups is 1. The van der Waals surface area contributed by atoms with Gasteiger partial charge in [0.25, 0.3) is 0 Å². The number of nitrogens with zero attached hydrogens (tertiary/aromatic N) is 5. The molecule has 0 bridgehead atoms. The quantitative estimate of drug-likeness (QED) is 0.726. The lowest BCUT2D eigenvalue weighted by Crippen LogP contribution is -2.29. The van der Waals surface area contributed by atoms with Gasteiger partial charge in [0.05, 0.1) is 12.3 Å². The van der Waals surface area contributed by atoms with Gasteiger partial charge >= 0.3 is 0 Å². The number of aromatic nitrogens is 4. The van der Waals surface area contributed by atoms with Gasteiger partial charge in [0, 0.05) is 43.4 Å². The van der Waals surface area contributed by atoms with Crippen LogP contribution >= 0.6 is 0 Å². The summed E-state index contributed by atoms with van der Waals surface area (Å²) in [4.78, 5) is 26.8. The number of likely N-dealkylation sites (tertiary alicyclic amines) is 1. The molecule has 1 atom stereocenters. The monoisotopic (exact) mass is 335 g/mol. The van der Waals surface area contributed by atoms with Crippen molar-refractivity contribution in [2.24, 2.45) is 0 Å². The topological polar surface area (TPSA) is 85.0 Å². The first-order chi connectivity index (χ1) is 12.3. The minimum absolute atomic E-state index is 0.0842. The predicted molar refractivity (Wildman–Crippen MR) is 89.4 cm³/mol. The van der Waals surface area contributed by atoms with Crippen molar-refractivity contribution in [3.05, 3.63) is 60.5 Å². The zero-order valence-electron chi connectivity index (χ0n) is 13.6. The second-order valence-corrected chi connectivity index (χ2v) is 6.06. The van der Waals surface area contributed by atoms with Crippen LogP contribution in [0.25, 0.3) is 11.4 Å². The summed E-state index contributed by atoms with van der Waals surface area (Å²) in [6.45, 7) is 1.31. The Balaban J connectivity index is 1.41. The lowest BCUT2D eigenvalue weighted by molar-refractivity contribution is -0.129. The van der Waals surface area contributed by atoms with Crippen LogP contribution in [-0.4, -0.2) is 44.0 Å². The lowest BCUT2D eigenvalue weighted by atomic mass is 10.1. The standard InChI is InChI=1S/C18H17N5O2/c24-16(10-13-2-1-6-20-11-13)23-9-5-15(12-23)18-21-17(22-25-18)14-3-7-19-8-4-14/h1-4,6-8,11,15H,5,9-10,12H2. The van der Waals surface area contributed by atoms with Gasteiger partial charge in [-0.15, -0.1) is 0 Å². The number of amides is 1. The van der Waals surface area contributed by atoms with Crippen molar-refractivity contribution in [1.82, 2.24) is 25.0 Å². The zero-order valence-corrected chi connectivity index (χ0v) is 13.6. The fourth-order valence-corrected chi connectivity index (χ4v) is 3.00. The van der Waals surface area contributed by atoms with E-state index in [0.29, 0.717) is 31.2 Å². The van der Waals surface area contributed by atoms with Crippen LogP contribution in [-0.2, 0) is 11.2 Å². The van der Waals surface area contributed by atoms with E-state index in [1.165, 1.54) is 0 Å². The van der Waals surface area contributed by atoms with Gasteiger partial charge in [-0.05, 0) is 30.2 Å². The fourth-order valence-electron chi connectivity index (χ4n) is 3.00. The van der Waals surface area contributed by atoms with E-state index in [4.69, 9.17) is 4.52 Å². The van der Waals surface area contributed by atoms with E-state index < -0.39 is 0 Å². The number of carbonyl (C=O) groups excluding carboxylic acids is 1. The minimum atomic E-state index is 0.0842. The molecule has 1 aliphatic rings. The normalized spacial score (nSPS) is 17.0. The second-order valence-electron chi connectivity index (χ2n) is 6.06. The van der Waals surface area contributed by atoms with Gasteiger partial charge in [-0.25, -0.2) is 0 Å². The summed E-state index contributed by atoms with van der Waals surface area (Å²) in [6.07, 6.45) is 8.02. The molecule has 1 aliphatic heterocycles. The Morgan fingerprint density at radius 2 is 2.08 bits per heavy atom. The first-order valence-corrected chi connectivity index (χ1v) is 8.20. The van der Waals surface area contributed by atoms with E-state index in [2.05, 4.69) is 20.1 Å². The van der Waals surface area contributed by atoms with Crippen molar-refractivity contribution in [2.75, 3.05) is 13.1 Å². The van der Waals surface area contributed by atoms with E-state index in [-0.39, 0.29) is 11.8 Å². The SMILES string of the molecule is O=C(Cc1cccnc1)N1CCC(c2nc(-c3ccncc3)no2)C1. The molecule has 0 spiro atoms. The van der Waals surface area contributed by atoms with Crippen molar-refractivity contribution < 1.29 is 9.32 Å². The summed E-state index contributed by atoms with van der Waals surface area (Å²) < 4.78 is 5.42. The predicted octanol–water partition coefficient (Wildman–Crippen LogP) is 2.09. The molecule has 0 N–H and O–H groups in total. The molecule has 0 aliphatic carbocycles. The van der Waals surface area contributed by atoms with Crippen molar-refractivity contribution in [1.29, 1.82) is 0 Å². The summed E-state index contributed by atoms with van der Waals surface area (Å²) >= 11 is 0. The van der Waals surface area contributed by atoms with Crippen LogP contribution in [0.2, 0.25) is 0 Å². The lowest BCUT2D eigenvalue weighted by Gasteiger charge is -2.15. The highest BCUT2D eigenvalue weighted by molar-refractivity contribution is 5.79. The molecule has 4 heterocycles. The summed E-state index contributed by atoms with van der Waals surface area (Å²) in [5.41, 5.74) is 1.79. The molecule has 1 amide bonds. The number of rotatable bonds is 4. The third-order valence-corrected chi connectivity index (χ3v) is 4.35. The molecule has 25 heavy (non-hydrogen) atoms. The molecule has 0 saturated carbocycles. The van der Waals surface area contributed by atoms with Crippen molar-refractivity contribution in [3.63, 3.8) is 0 Å². The number of hydrogen-bond donors (Lipinski definition) is 0. The molecule has 0 radical (unpaired) electrons. The van der Waals surface area contributed by atoms with Crippen LogP contribution in [0.1, 0.15) is 23.8 Å². The van der Waals surface area contributed by atoms with Gasteiger partial charge in [-0.2, -0.15) is 4.98 Å². The van der Waals surface area contributed by atoms with Gasteiger partial charge in [0.2, 0.25) is 17.6 Å². The molecular weight excluding hydrogens is 318 g/mol.